The molecule has 0 aliphatic rings. The standard InChI is InChI=1S/C9H15ClO/c1-3-4-5-9(7-11)6-8(2)10/h7,9H,2-6H2,1H3. The van der Waals surface area contributed by atoms with Crippen LogP contribution in [0, 0.1) is 5.92 Å². The average molecular weight is 175 g/mol. The summed E-state index contributed by atoms with van der Waals surface area (Å²) in [4.78, 5) is 10.4. The second-order valence-electron chi connectivity index (χ2n) is 2.76. The Morgan fingerprint density at radius 3 is 2.73 bits per heavy atom. The van der Waals surface area contributed by atoms with Crippen LogP contribution in [0.4, 0.5) is 0 Å². The summed E-state index contributed by atoms with van der Waals surface area (Å²) in [5, 5.41) is 0.582. The van der Waals surface area contributed by atoms with Gasteiger partial charge in [-0.1, -0.05) is 37.9 Å². The number of allylic oxidation sites excluding steroid dienone is 1. The molecule has 0 aliphatic heterocycles. The Balaban J connectivity index is 3.57. The normalized spacial score (nSPS) is 12.5. The van der Waals surface area contributed by atoms with Crippen molar-refractivity contribution in [1.82, 2.24) is 0 Å². The first-order valence-corrected chi connectivity index (χ1v) is 4.37. The fourth-order valence-corrected chi connectivity index (χ4v) is 1.17. The minimum atomic E-state index is 0.0833. The maximum absolute atomic E-state index is 10.4. The van der Waals surface area contributed by atoms with Gasteiger partial charge in [-0.2, -0.15) is 0 Å². The van der Waals surface area contributed by atoms with Gasteiger partial charge in [-0.25, -0.2) is 0 Å². The van der Waals surface area contributed by atoms with Crippen LogP contribution >= 0.6 is 11.6 Å². The Hall–Kier alpha value is -0.300. The topological polar surface area (TPSA) is 17.1 Å². The van der Waals surface area contributed by atoms with E-state index in [0.29, 0.717) is 11.5 Å². The third-order valence-electron chi connectivity index (χ3n) is 1.60. The number of carbonyl (C=O) groups excluding carboxylic acids is 1. The lowest BCUT2D eigenvalue weighted by atomic mass is 10.0. The van der Waals surface area contributed by atoms with Gasteiger partial charge >= 0.3 is 0 Å². The third-order valence-corrected chi connectivity index (χ3v) is 1.76. The van der Waals surface area contributed by atoms with Crippen molar-refractivity contribution in [3.05, 3.63) is 11.6 Å². The number of hydrogen-bond acceptors (Lipinski definition) is 1. The lowest BCUT2D eigenvalue weighted by molar-refractivity contribution is -0.111. The molecule has 1 unspecified atom stereocenters. The van der Waals surface area contributed by atoms with Crippen molar-refractivity contribution in [1.29, 1.82) is 0 Å². The number of aldehydes is 1. The van der Waals surface area contributed by atoms with Crippen LogP contribution in [0.3, 0.4) is 0 Å². The molecule has 0 amide bonds. The number of unbranched alkanes of at least 4 members (excludes halogenated alkanes) is 1. The van der Waals surface area contributed by atoms with Crippen molar-refractivity contribution in [2.75, 3.05) is 0 Å². The van der Waals surface area contributed by atoms with Crippen molar-refractivity contribution >= 4 is 17.9 Å². The highest BCUT2D eigenvalue weighted by atomic mass is 35.5. The van der Waals surface area contributed by atoms with Gasteiger partial charge in [-0.05, 0) is 12.8 Å². The van der Waals surface area contributed by atoms with Gasteiger partial charge in [0.05, 0.1) is 0 Å². The van der Waals surface area contributed by atoms with Crippen LogP contribution < -0.4 is 0 Å². The molecule has 0 heterocycles. The van der Waals surface area contributed by atoms with Crippen LogP contribution in [0.15, 0.2) is 11.6 Å². The highest BCUT2D eigenvalue weighted by molar-refractivity contribution is 6.29. The van der Waals surface area contributed by atoms with Crippen LogP contribution in [0.2, 0.25) is 0 Å². The Kier molecular flexibility index (Phi) is 6.24. The molecule has 0 N–H and O–H groups in total. The van der Waals surface area contributed by atoms with Crippen LogP contribution in [0.5, 0.6) is 0 Å². The lowest BCUT2D eigenvalue weighted by Gasteiger charge is -2.06. The molecule has 1 nitrogen and oxygen atoms in total. The van der Waals surface area contributed by atoms with Gasteiger partial charge in [0.25, 0.3) is 0 Å². The maximum atomic E-state index is 10.4. The minimum Gasteiger partial charge on any atom is -0.303 e. The van der Waals surface area contributed by atoms with Crippen molar-refractivity contribution < 1.29 is 4.79 Å². The number of hydrogen-bond donors (Lipinski definition) is 0. The van der Waals surface area contributed by atoms with Crippen LogP contribution in [-0.4, -0.2) is 6.29 Å². The summed E-state index contributed by atoms with van der Waals surface area (Å²) in [5.74, 6) is 0.0833. The second-order valence-corrected chi connectivity index (χ2v) is 3.29. The maximum Gasteiger partial charge on any atom is 0.123 e. The van der Waals surface area contributed by atoms with E-state index < -0.39 is 0 Å². The zero-order valence-electron chi connectivity index (χ0n) is 6.98. The van der Waals surface area contributed by atoms with E-state index in [1.54, 1.807) is 0 Å². The number of carbonyl (C=O) groups is 1. The van der Waals surface area contributed by atoms with Crippen LogP contribution in [-0.2, 0) is 4.79 Å². The smallest absolute Gasteiger partial charge is 0.123 e. The first-order chi connectivity index (χ1) is 5.20. The Bertz CT molecular complexity index is 132. The van der Waals surface area contributed by atoms with E-state index in [1.165, 1.54) is 0 Å². The largest absolute Gasteiger partial charge is 0.303 e. The Morgan fingerprint density at radius 2 is 2.36 bits per heavy atom. The summed E-state index contributed by atoms with van der Waals surface area (Å²) < 4.78 is 0. The van der Waals surface area contributed by atoms with Gasteiger partial charge in [0, 0.05) is 11.0 Å². The van der Waals surface area contributed by atoms with E-state index in [-0.39, 0.29) is 5.92 Å². The van der Waals surface area contributed by atoms with Gasteiger partial charge in [-0.15, -0.1) is 0 Å². The number of rotatable bonds is 6. The molecule has 0 fully saturated rings. The zero-order chi connectivity index (χ0) is 8.69. The molecule has 0 saturated carbocycles. The lowest BCUT2D eigenvalue weighted by Crippen LogP contribution is -2.01. The summed E-state index contributed by atoms with van der Waals surface area (Å²) >= 11 is 5.58. The van der Waals surface area contributed by atoms with Gasteiger partial charge in [0.1, 0.15) is 6.29 Å². The average Bonchev–Trinajstić information content (AvgIpc) is 1.97. The van der Waals surface area contributed by atoms with E-state index in [2.05, 4.69) is 13.5 Å². The summed E-state index contributed by atoms with van der Waals surface area (Å²) in [6.45, 7) is 5.67. The molecule has 0 aromatic rings. The third kappa shape index (κ3) is 6.11. The molecular weight excluding hydrogens is 160 g/mol. The fourth-order valence-electron chi connectivity index (χ4n) is 0.969. The molecule has 2 heteroatoms. The first kappa shape index (κ1) is 10.7. The van der Waals surface area contributed by atoms with Crippen molar-refractivity contribution in [3.63, 3.8) is 0 Å². The molecule has 1 atom stereocenters. The quantitative estimate of drug-likeness (QED) is 0.566. The first-order valence-electron chi connectivity index (χ1n) is 3.99. The predicted octanol–water partition coefficient (Wildman–Crippen LogP) is 3.13. The SMILES string of the molecule is C=C(Cl)CC(C=O)CCCC. The molecule has 0 aromatic heterocycles. The molecule has 0 radical (unpaired) electrons. The number of halogens is 1. The van der Waals surface area contributed by atoms with Crippen molar-refractivity contribution in [2.45, 2.75) is 32.6 Å². The molecule has 0 spiro atoms. The van der Waals surface area contributed by atoms with Gasteiger partial charge in [-0.3, -0.25) is 0 Å². The minimum absolute atomic E-state index is 0.0833. The van der Waals surface area contributed by atoms with Crippen molar-refractivity contribution in [2.24, 2.45) is 5.92 Å². The van der Waals surface area contributed by atoms with E-state index in [1.807, 2.05) is 0 Å². The second kappa shape index (κ2) is 6.41. The molecule has 0 aromatic carbocycles. The summed E-state index contributed by atoms with van der Waals surface area (Å²) in [6, 6.07) is 0. The molecule has 64 valence electrons. The Labute approximate surface area is 73.4 Å². The van der Waals surface area contributed by atoms with Gasteiger partial charge in [0.15, 0.2) is 0 Å². The van der Waals surface area contributed by atoms with E-state index >= 15 is 0 Å². The van der Waals surface area contributed by atoms with Crippen LogP contribution in [0.25, 0.3) is 0 Å². The molecular formula is C9H15ClO. The van der Waals surface area contributed by atoms with E-state index in [4.69, 9.17) is 11.6 Å². The Morgan fingerprint density at radius 1 is 1.73 bits per heavy atom. The molecule has 0 rings (SSSR count). The van der Waals surface area contributed by atoms with Gasteiger partial charge < -0.3 is 4.79 Å². The van der Waals surface area contributed by atoms with Crippen LogP contribution in [0.1, 0.15) is 32.6 Å². The fraction of sp³-hybridized carbons (Fsp3) is 0.667. The molecule has 0 saturated heterocycles. The predicted molar refractivity (Wildman–Crippen MR) is 48.7 cm³/mol. The van der Waals surface area contributed by atoms with Crippen molar-refractivity contribution in [3.8, 4) is 0 Å². The highest BCUT2D eigenvalue weighted by Gasteiger charge is 2.06. The van der Waals surface area contributed by atoms with E-state index in [9.17, 15) is 4.79 Å². The monoisotopic (exact) mass is 174 g/mol. The highest BCUT2D eigenvalue weighted by Crippen LogP contribution is 2.16. The summed E-state index contributed by atoms with van der Waals surface area (Å²) in [5.41, 5.74) is 0. The van der Waals surface area contributed by atoms with Gasteiger partial charge in [0.2, 0.25) is 0 Å². The summed E-state index contributed by atoms with van der Waals surface area (Å²) in [7, 11) is 0. The zero-order valence-corrected chi connectivity index (χ0v) is 7.73. The summed E-state index contributed by atoms with van der Waals surface area (Å²) in [6.07, 6.45) is 4.76. The molecule has 0 bridgehead atoms. The molecule has 0 aliphatic carbocycles. The molecule has 11 heavy (non-hydrogen) atoms. The van der Waals surface area contributed by atoms with E-state index in [0.717, 1.165) is 25.5 Å².